The number of thiophene rings is 1. The molecule has 1 atom stereocenters. The maximum atomic E-state index is 13.1. The molecule has 0 saturated carbocycles. The van der Waals surface area contributed by atoms with Crippen LogP contribution in [0.25, 0.3) is 0 Å². The van der Waals surface area contributed by atoms with Crippen LogP contribution >= 0.6 is 11.3 Å². The van der Waals surface area contributed by atoms with Gasteiger partial charge in [-0.25, -0.2) is 8.78 Å². The number of carbonyl (C=O) groups is 1. The molecule has 22 heavy (non-hydrogen) atoms. The highest BCUT2D eigenvalue weighted by atomic mass is 32.1. The first kappa shape index (κ1) is 16.6. The van der Waals surface area contributed by atoms with Crippen molar-refractivity contribution in [1.29, 1.82) is 0 Å². The van der Waals surface area contributed by atoms with Gasteiger partial charge in [0.25, 0.3) is 5.91 Å². The monoisotopic (exact) mass is 325 g/mol. The Bertz CT molecular complexity index is 685. The number of hydrogen-bond donors (Lipinski definition) is 2. The lowest BCUT2D eigenvalue weighted by Gasteiger charge is -2.12. The van der Waals surface area contributed by atoms with Crippen LogP contribution < -0.4 is 5.32 Å². The van der Waals surface area contributed by atoms with E-state index in [1.165, 1.54) is 17.4 Å². The van der Waals surface area contributed by atoms with Gasteiger partial charge in [-0.3, -0.25) is 4.79 Å². The molecule has 118 valence electrons. The SMILES string of the molecule is CCc1sc(C(=O)NCC(O)c2ccc(F)c(F)c2)cc1C. The summed E-state index contributed by atoms with van der Waals surface area (Å²) in [6, 6.07) is 4.98. The molecular weight excluding hydrogens is 308 g/mol. The number of amides is 1. The molecule has 0 aliphatic rings. The second kappa shape index (κ2) is 6.98. The number of aliphatic hydroxyl groups is 1. The van der Waals surface area contributed by atoms with Crippen molar-refractivity contribution in [2.75, 3.05) is 6.54 Å². The Morgan fingerprint density at radius 1 is 1.32 bits per heavy atom. The highest BCUT2D eigenvalue weighted by Crippen LogP contribution is 2.22. The number of aliphatic hydroxyl groups excluding tert-OH is 1. The molecule has 0 spiro atoms. The second-order valence-electron chi connectivity index (χ2n) is 4.97. The van der Waals surface area contributed by atoms with E-state index in [2.05, 4.69) is 5.32 Å². The summed E-state index contributed by atoms with van der Waals surface area (Å²) < 4.78 is 26.0. The minimum atomic E-state index is -1.09. The molecule has 1 aromatic heterocycles. The fourth-order valence-electron chi connectivity index (χ4n) is 2.10. The van der Waals surface area contributed by atoms with Crippen molar-refractivity contribution in [2.24, 2.45) is 0 Å². The van der Waals surface area contributed by atoms with Gasteiger partial charge in [0.15, 0.2) is 11.6 Å². The summed E-state index contributed by atoms with van der Waals surface area (Å²) in [5.41, 5.74) is 1.29. The second-order valence-corrected chi connectivity index (χ2v) is 6.11. The molecule has 3 nitrogen and oxygen atoms in total. The Kier molecular flexibility index (Phi) is 5.26. The fraction of sp³-hybridized carbons (Fsp3) is 0.312. The zero-order chi connectivity index (χ0) is 16.3. The van der Waals surface area contributed by atoms with Gasteiger partial charge in [0.05, 0.1) is 11.0 Å². The molecular formula is C16H17F2NO2S. The lowest BCUT2D eigenvalue weighted by Crippen LogP contribution is -2.27. The van der Waals surface area contributed by atoms with E-state index in [-0.39, 0.29) is 18.0 Å². The number of carbonyl (C=O) groups excluding carboxylic acids is 1. The number of rotatable bonds is 5. The van der Waals surface area contributed by atoms with Crippen LogP contribution in [0.4, 0.5) is 8.78 Å². The van der Waals surface area contributed by atoms with E-state index < -0.39 is 17.7 Å². The summed E-state index contributed by atoms with van der Waals surface area (Å²) in [6.45, 7) is 3.90. The predicted molar refractivity (Wildman–Crippen MR) is 82.1 cm³/mol. The van der Waals surface area contributed by atoms with E-state index in [9.17, 15) is 18.7 Å². The minimum Gasteiger partial charge on any atom is -0.387 e. The van der Waals surface area contributed by atoms with Crippen molar-refractivity contribution >= 4 is 17.2 Å². The molecule has 0 fully saturated rings. The third kappa shape index (κ3) is 3.69. The van der Waals surface area contributed by atoms with Crippen LogP contribution in [0.2, 0.25) is 0 Å². The number of aryl methyl sites for hydroxylation is 2. The molecule has 0 bridgehead atoms. The molecule has 2 aromatic rings. The van der Waals surface area contributed by atoms with Gasteiger partial charge in [-0.2, -0.15) is 0 Å². The van der Waals surface area contributed by atoms with Crippen LogP contribution in [0.1, 0.15) is 38.7 Å². The Balaban J connectivity index is 1.99. The number of halogens is 2. The largest absolute Gasteiger partial charge is 0.387 e. The molecule has 2 rings (SSSR count). The van der Waals surface area contributed by atoms with Gasteiger partial charge >= 0.3 is 0 Å². The van der Waals surface area contributed by atoms with Gasteiger partial charge in [0, 0.05) is 11.4 Å². The van der Waals surface area contributed by atoms with Gasteiger partial charge in [-0.05, 0) is 42.7 Å². The first-order valence-corrected chi connectivity index (χ1v) is 7.74. The maximum absolute atomic E-state index is 13.1. The first-order valence-electron chi connectivity index (χ1n) is 6.93. The molecule has 0 saturated heterocycles. The zero-order valence-corrected chi connectivity index (χ0v) is 13.1. The van der Waals surface area contributed by atoms with E-state index in [1.54, 1.807) is 0 Å². The third-order valence-electron chi connectivity index (χ3n) is 3.35. The van der Waals surface area contributed by atoms with Crippen LogP contribution in [-0.4, -0.2) is 17.6 Å². The molecule has 6 heteroatoms. The molecule has 0 aliphatic heterocycles. The van der Waals surface area contributed by atoms with Gasteiger partial charge in [0.2, 0.25) is 0 Å². The van der Waals surface area contributed by atoms with Gasteiger partial charge < -0.3 is 10.4 Å². The molecule has 1 aromatic carbocycles. The predicted octanol–water partition coefficient (Wildman–Crippen LogP) is 3.36. The third-order valence-corrected chi connectivity index (χ3v) is 4.73. The van der Waals surface area contributed by atoms with Gasteiger partial charge in [-0.15, -0.1) is 11.3 Å². The van der Waals surface area contributed by atoms with Crippen LogP contribution in [0.15, 0.2) is 24.3 Å². The van der Waals surface area contributed by atoms with E-state index in [1.807, 2.05) is 19.9 Å². The minimum absolute atomic E-state index is 0.0672. The number of benzene rings is 1. The number of nitrogens with one attached hydrogen (secondary N) is 1. The van der Waals surface area contributed by atoms with Crippen LogP contribution in [-0.2, 0) is 6.42 Å². The van der Waals surface area contributed by atoms with Crippen LogP contribution in [0.3, 0.4) is 0 Å². The van der Waals surface area contributed by atoms with Gasteiger partial charge in [0.1, 0.15) is 0 Å². The van der Waals surface area contributed by atoms with Crippen LogP contribution in [0, 0.1) is 18.6 Å². The molecule has 1 unspecified atom stereocenters. The number of hydrogen-bond acceptors (Lipinski definition) is 3. The van der Waals surface area contributed by atoms with Crippen molar-refractivity contribution in [3.05, 3.63) is 56.8 Å². The molecule has 0 aliphatic carbocycles. The molecule has 1 amide bonds. The lowest BCUT2D eigenvalue weighted by atomic mass is 10.1. The highest BCUT2D eigenvalue weighted by molar-refractivity contribution is 7.14. The summed E-state index contributed by atoms with van der Waals surface area (Å²) >= 11 is 1.42. The zero-order valence-electron chi connectivity index (χ0n) is 12.3. The van der Waals surface area contributed by atoms with E-state index in [0.29, 0.717) is 4.88 Å². The standard InChI is InChI=1S/C16H17F2NO2S/c1-3-14-9(2)6-15(22-14)16(21)19-8-13(20)10-4-5-11(17)12(18)7-10/h4-7,13,20H,3,8H2,1-2H3,(H,19,21). The Labute approximate surface area is 131 Å². The molecule has 1 heterocycles. The fourth-order valence-corrected chi connectivity index (χ4v) is 3.13. The summed E-state index contributed by atoms with van der Waals surface area (Å²) in [4.78, 5) is 13.8. The first-order chi connectivity index (χ1) is 10.4. The average Bonchev–Trinajstić information content (AvgIpc) is 2.88. The van der Waals surface area contributed by atoms with E-state index in [0.717, 1.165) is 29.0 Å². The van der Waals surface area contributed by atoms with E-state index >= 15 is 0 Å². The normalized spacial score (nSPS) is 12.2. The summed E-state index contributed by atoms with van der Waals surface area (Å²) in [7, 11) is 0. The smallest absolute Gasteiger partial charge is 0.261 e. The lowest BCUT2D eigenvalue weighted by molar-refractivity contribution is 0.0920. The van der Waals surface area contributed by atoms with Crippen LogP contribution in [0.5, 0.6) is 0 Å². The van der Waals surface area contributed by atoms with Crippen molar-refractivity contribution in [3.8, 4) is 0 Å². The van der Waals surface area contributed by atoms with Crippen molar-refractivity contribution < 1.29 is 18.7 Å². The van der Waals surface area contributed by atoms with Crippen molar-refractivity contribution in [1.82, 2.24) is 5.32 Å². The maximum Gasteiger partial charge on any atom is 0.261 e. The summed E-state index contributed by atoms with van der Waals surface area (Å²) in [6.07, 6.45) is -0.230. The summed E-state index contributed by atoms with van der Waals surface area (Å²) in [5, 5.41) is 12.5. The Morgan fingerprint density at radius 2 is 2.05 bits per heavy atom. The molecule has 0 radical (unpaired) electrons. The topological polar surface area (TPSA) is 49.3 Å². The molecule has 2 N–H and O–H groups in total. The van der Waals surface area contributed by atoms with Gasteiger partial charge in [-0.1, -0.05) is 13.0 Å². The van der Waals surface area contributed by atoms with E-state index in [4.69, 9.17) is 0 Å². The van der Waals surface area contributed by atoms with Crippen molar-refractivity contribution in [2.45, 2.75) is 26.4 Å². The highest BCUT2D eigenvalue weighted by Gasteiger charge is 2.15. The Morgan fingerprint density at radius 3 is 2.64 bits per heavy atom. The Hall–Kier alpha value is -1.79. The summed E-state index contributed by atoms with van der Waals surface area (Å²) in [5.74, 6) is -2.28. The quantitative estimate of drug-likeness (QED) is 0.885. The van der Waals surface area contributed by atoms with Crippen molar-refractivity contribution in [3.63, 3.8) is 0 Å². The average molecular weight is 325 g/mol.